The van der Waals surface area contributed by atoms with Gasteiger partial charge in [0.25, 0.3) is 0 Å². The molecule has 0 aromatic heterocycles. The smallest absolute Gasteiger partial charge is 0.130 e. The first-order valence-corrected chi connectivity index (χ1v) is 6.80. The summed E-state index contributed by atoms with van der Waals surface area (Å²) in [4.78, 5) is 2.17. The summed E-state index contributed by atoms with van der Waals surface area (Å²) in [6, 6.07) is 4.50. The monoisotopic (exact) mass is 271 g/mol. The Bertz CT molecular complexity index is 385. The van der Waals surface area contributed by atoms with Crippen LogP contribution in [0.3, 0.4) is 0 Å². The molecule has 0 spiro atoms. The van der Waals surface area contributed by atoms with Crippen LogP contribution in [0.2, 0.25) is 5.02 Å². The van der Waals surface area contributed by atoms with Crippen molar-refractivity contribution < 1.29 is 9.50 Å². The number of hydrogen-bond donors (Lipinski definition) is 1. The molecule has 0 bridgehead atoms. The lowest BCUT2D eigenvalue weighted by molar-refractivity contribution is 0.0893. The molecular formula is C14H19ClFNO. The minimum absolute atomic E-state index is 0.220. The fourth-order valence-electron chi connectivity index (χ4n) is 2.41. The molecule has 4 heteroatoms. The third-order valence-corrected chi connectivity index (χ3v) is 3.97. The molecule has 1 fully saturated rings. The van der Waals surface area contributed by atoms with Gasteiger partial charge in [0.05, 0.1) is 6.10 Å². The average molecular weight is 272 g/mol. The minimum Gasteiger partial charge on any atom is -0.387 e. The van der Waals surface area contributed by atoms with Crippen LogP contribution >= 0.6 is 11.6 Å². The number of aliphatic hydroxyl groups is 1. The van der Waals surface area contributed by atoms with E-state index in [0.29, 0.717) is 11.6 Å². The lowest BCUT2D eigenvalue weighted by Gasteiger charge is -2.31. The fraction of sp³-hybridized carbons (Fsp3) is 0.571. The summed E-state index contributed by atoms with van der Waals surface area (Å²) in [5, 5.41) is 10.4. The molecule has 1 aliphatic rings. The SMILES string of the molecule is CC1CCN(CC(O)c2c(F)cccc2Cl)CC1. The number of hydrogen-bond acceptors (Lipinski definition) is 2. The van der Waals surface area contributed by atoms with Gasteiger partial charge in [-0.15, -0.1) is 0 Å². The Morgan fingerprint density at radius 2 is 2.11 bits per heavy atom. The van der Waals surface area contributed by atoms with E-state index in [0.717, 1.165) is 31.8 Å². The van der Waals surface area contributed by atoms with E-state index in [1.165, 1.54) is 6.07 Å². The lowest BCUT2D eigenvalue weighted by Crippen LogP contribution is -2.36. The predicted molar refractivity (Wildman–Crippen MR) is 71.2 cm³/mol. The van der Waals surface area contributed by atoms with Gasteiger partial charge in [-0.1, -0.05) is 24.6 Å². The molecular weight excluding hydrogens is 253 g/mol. The summed E-state index contributed by atoms with van der Waals surface area (Å²) >= 11 is 5.95. The van der Waals surface area contributed by atoms with Gasteiger partial charge in [0.15, 0.2) is 0 Å². The number of piperidine rings is 1. The third-order valence-electron chi connectivity index (χ3n) is 3.64. The molecule has 2 rings (SSSR count). The quantitative estimate of drug-likeness (QED) is 0.912. The van der Waals surface area contributed by atoms with E-state index in [4.69, 9.17) is 11.6 Å². The number of aliphatic hydroxyl groups excluding tert-OH is 1. The van der Waals surface area contributed by atoms with E-state index in [2.05, 4.69) is 11.8 Å². The number of likely N-dealkylation sites (tertiary alicyclic amines) is 1. The topological polar surface area (TPSA) is 23.5 Å². The first kappa shape index (κ1) is 13.8. The van der Waals surface area contributed by atoms with Crippen molar-refractivity contribution in [1.82, 2.24) is 4.90 Å². The maximum absolute atomic E-state index is 13.7. The van der Waals surface area contributed by atoms with Gasteiger partial charge >= 0.3 is 0 Å². The summed E-state index contributed by atoms with van der Waals surface area (Å²) in [7, 11) is 0. The maximum Gasteiger partial charge on any atom is 0.130 e. The number of halogens is 2. The lowest BCUT2D eigenvalue weighted by atomic mass is 9.98. The van der Waals surface area contributed by atoms with Crippen molar-refractivity contribution >= 4 is 11.6 Å². The van der Waals surface area contributed by atoms with Crippen LogP contribution in [-0.4, -0.2) is 29.6 Å². The van der Waals surface area contributed by atoms with Crippen molar-refractivity contribution in [3.8, 4) is 0 Å². The van der Waals surface area contributed by atoms with Crippen molar-refractivity contribution in [2.75, 3.05) is 19.6 Å². The van der Waals surface area contributed by atoms with Crippen LogP contribution in [-0.2, 0) is 0 Å². The van der Waals surface area contributed by atoms with Gasteiger partial charge in [0, 0.05) is 17.1 Å². The first-order valence-electron chi connectivity index (χ1n) is 6.42. The molecule has 0 saturated carbocycles. The molecule has 1 unspecified atom stereocenters. The normalized spacial score (nSPS) is 20.0. The standard InChI is InChI=1S/C14H19ClFNO/c1-10-5-7-17(8-6-10)9-13(18)14-11(15)3-2-4-12(14)16/h2-4,10,13,18H,5-9H2,1H3. The fourth-order valence-corrected chi connectivity index (χ4v) is 2.70. The largest absolute Gasteiger partial charge is 0.387 e. The molecule has 0 radical (unpaired) electrons. The zero-order valence-electron chi connectivity index (χ0n) is 10.6. The molecule has 1 aromatic rings. The Labute approximate surface area is 112 Å². The number of rotatable bonds is 3. The summed E-state index contributed by atoms with van der Waals surface area (Å²) in [5.74, 6) is 0.316. The zero-order chi connectivity index (χ0) is 13.1. The summed E-state index contributed by atoms with van der Waals surface area (Å²) in [6.45, 7) is 4.61. The van der Waals surface area contributed by atoms with Crippen molar-refractivity contribution in [1.29, 1.82) is 0 Å². The molecule has 1 atom stereocenters. The van der Waals surface area contributed by atoms with Gasteiger partial charge < -0.3 is 10.0 Å². The van der Waals surface area contributed by atoms with Crippen molar-refractivity contribution in [2.24, 2.45) is 5.92 Å². The van der Waals surface area contributed by atoms with Crippen LogP contribution in [0.4, 0.5) is 4.39 Å². The van der Waals surface area contributed by atoms with E-state index < -0.39 is 11.9 Å². The highest BCUT2D eigenvalue weighted by molar-refractivity contribution is 6.31. The van der Waals surface area contributed by atoms with Gasteiger partial charge in [-0.25, -0.2) is 4.39 Å². The number of nitrogens with zero attached hydrogens (tertiary/aromatic N) is 1. The van der Waals surface area contributed by atoms with Gasteiger partial charge in [0.2, 0.25) is 0 Å². The van der Waals surface area contributed by atoms with E-state index in [1.807, 2.05) is 0 Å². The van der Waals surface area contributed by atoms with E-state index in [9.17, 15) is 9.50 Å². The second kappa shape index (κ2) is 6.00. The highest BCUT2D eigenvalue weighted by Crippen LogP contribution is 2.27. The van der Waals surface area contributed by atoms with Crippen LogP contribution in [0.1, 0.15) is 31.4 Å². The highest BCUT2D eigenvalue weighted by atomic mass is 35.5. The highest BCUT2D eigenvalue weighted by Gasteiger charge is 2.22. The molecule has 18 heavy (non-hydrogen) atoms. The first-order chi connectivity index (χ1) is 8.58. The second-order valence-corrected chi connectivity index (χ2v) is 5.54. The zero-order valence-corrected chi connectivity index (χ0v) is 11.3. The van der Waals surface area contributed by atoms with Gasteiger partial charge in [0.1, 0.15) is 5.82 Å². The van der Waals surface area contributed by atoms with Crippen molar-refractivity contribution in [2.45, 2.75) is 25.9 Å². The Morgan fingerprint density at radius 1 is 1.44 bits per heavy atom. The average Bonchev–Trinajstić information content (AvgIpc) is 2.32. The van der Waals surface area contributed by atoms with Gasteiger partial charge in [-0.3, -0.25) is 0 Å². The summed E-state index contributed by atoms with van der Waals surface area (Å²) in [6.07, 6.45) is 1.42. The Balaban J connectivity index is 2.01. The molecule has 0 aliphatic carbocycles. The van der Waals surface area contributed by atoms with Crippen LogP contribution in [0.25, 0.3) is 0 Å². The molecule has 0 amide bonds. The molecule has 1 saturated heterocycles. The summed E-state index contributed by atoms with van der Waals surface area (Å²) in [5.41, 5.74) is 0.220. The molecule has 100 valence electrons. The molecule has 1 heterocycles. The van der Waals surface area contributed by atoms with Crippen LogP contribution in [0.5, 0.6) is 0 Å². The third kappa shape index (κ3) is 3.22. The van der Waals surface area contributed by atoms with Crippen LogP contribution < -0.4 is 0 Å². The molecule has 2 nitrogen and oxygen atoms in total. The van der Waals surface area contributed by atoms with Gasteiger partial charge in [-0.2, -0.15) is 0 Å². The van der Waals surface area contributed by atoms with Crippen molar-refractivity contribution in [3.63, 3.8) is 0 Å². The van der Waals surface area contributed by atoms with Gasteiger partial charge in [-0.05, 0) is 44.0 Å². The Kier molecular flexibility index (Phi) is 4.60. The van der Waals surface area contributed by atoms with Crippen molar-refractivity contribution in [3.05, 3.63) is 34.6 Å². The molecule has 1 N–H and O–H groups in total. The second-order valence-electron chi connectivity index (χ2n) is 5.13. The molecule has 1 aliphatic heterocycles. The maximum atomic E-state index is 13.7. The Morgan fingerprint density at radius 3 is 2.72 bits per heavy atom. The molecule has 1 aromatic carbocycles. The number of benzene rings is 1. The van der Waals surface area contributed by atoms with E-state index in [1.54, 1.807) is 12.1 Å². The predicted octanol–water partition coefficient (Wildman–Crippen LogP) is 3.24. The Hall–Kier alpha value is -0.640. The van der Waals surface area contributed by atoms with E-state index in [-0.39, 0.29) is 5.56 Å². The number of β-amino-alcohol motifs (C(OH)–C–C–N with tert-alkyl or cyclic N) is 1. The van der Waals surface area contributed by atoms with Crippen LogP contribution in [0.15, 0.2) is 18.2 Å². The van der Waals surface area contributed by atoms with E-state index >= 15 is 0 Å². The summed E-state index contributed by atoms with van der Waals surface area (Å²) < 4.78 is 13.7. The minimum atomic E-state index is -0.855. The van der Waals surface area contributed by atoms with Crippen LogP contribution in [0, 0.1) is 11.7 Å².